The third-order valence-corrected chi connectivity index (χ3v) is 3.24. The molecule has 1 aromatic rings. The Hall–Kier alpha value is -0.420. The van der Waals surface area contributed by atoms with Gasteiger partial charge in [0.05, 0.1) is 13.2 Å². The van der Waals surface area contributed by atoms with E-state index in [1.807, 2.05) is 6.07 Å². The molecule has 1 saturated heterocycles. The van der Waals surface area contributed by atoms with Crippen LogP contribution < -0.4 is 5.73 Å². The lowest BCUT2D eigenvalue weighted by Gasteiger charge is -2.26. The number of hydrogen-bond acceptors (Lipinski definition) is 4. The molecule has 2 N–H and O–H groups in total. The summed E-state index contributed by atoms with van der Waals surface area (Å²) in [7, 11) is 0. The molecule has 0 aromatic carbocycles. The third kappa shape index (κ3) is 2.15. The standard InChI is InChI=1S/C10H15NO2S/c11-4-3-10(12-5-6-13-10)8-9-2-1-7-14-9/h1-2,7H,3-6,8,11H2. The van der Waals surface area contributed by atoms with E-state index < -0.39 is 5.79 Å². The summed E-state index contributed by atoms with van der Waals surface area (Å²) >= 11 is 1.73. The Morgan fingerprint density at radius 2 is 2.21 bits per heavy atom. The maximum atomic E-state index is 5.66. The molecule has 0 radical (unpaired) electrons. The Kier molecular flexibility index (Phi) is 3.18. The van der Waals surface area contributed by atoms with Crippen LogP contribution in [-0.4, -0.2) is 25.5 Å². The Morgan fingerprint density at radius 3 is 2.79 bits per heavy atom. The van der Waals surface area contributed by atoms with Gasteiger partial charge in [-0.25, -0.2) is 0 Å². The molecule has 2 rings (SSSR count). The van der Waals surface area contributed by atoms with Gasteiger partial charge in [-0.15, -0.1) is 11.3 Å². The first-order chi connectivity index (χ1) is 6.85. The van der Waals surface area contributed by atoms with Crippen LogP contribution in [0.2, 0.25) is 0 Å². The summed E-state index contributed by atoms with van der Waals surface area (Å²) in [5, 5.41) is 2.07. The van der Waals surface area contributed by atoms with Crippen molar-refractivity contribution in [1.29, 1.82) is 0 Å². The van der Waals surface area contributed by atoms with Crippen molar-refractivity contribution in [3.63, 3.8) is 0 Å². The van der Waals surface area contributed by atoms with Gasteiger partial charge in [0.1, 0.15) is 0 Å². The molecule has 0 aliphatic carbocycles. The van der Waals surface area contributed by atoms with Crippen LogP contribution >= 0.6 is 11.3 Å². The molecule has 0 amide bonds. The Labute approximate surface area is 87.8 Å². The van der Waals surface area contributed by atoms with Crippen molar-refractivity contribution in [3.8, 4) is 0 Å². The molecule has 1 aromatic heterocycles. The van der Waals surface area contributed by atoms with Crippen molar-refractivity contribution in [2.24, 2.45) is 5.73 Å². The van der Waals surface area contributed by atoms with Gasteiger partial charge in [0.2, 0.25) is 0 Å². The third-order valence-electron chi connectivity index (χ3n) is 2.36. The van der Waals surface area contributed by atoms with Crippen LogP contribution in [0.4, 0.5) is 0 Å². The summed E-state index contributed by atoms with van der Waals surface area (Å²) in [4.78, 5) is 1.29. The average Bonchev–Trinajstić information content (AvgIpc) is 2.78. The van der Waals surface area contributed by atoms with Crippen molar-refractivity contribution in [2.75, 3.05) is 19.8 Å². The van der Waals surface area contributed by atoms with Gasteiger partial charge in [0.15, 0.2) is 5.79 Å². The Morgan fingerprint density at radius 1 is 1.43 bits per heavy atom. The molecule has 78 valence electrons. The average molecular weight is 213 g/mol. The molecule has 4 heteroatoms. The van der Waals surface area contributed by atoms with Crippen molar-refractivity contribution in [3.05, 3.63) is 22.4 Å². The molecule has 0 unspecified atom stereocenters. The molecule has 0 spiro atoms. The van der Waals surface area contributed by atoms with E-state index in [-0.39, 0.29) is 0 Å². The zero-order valence-corrected chi connectivity index (χ0v) is 8.89. The minimum Gasteiger partial charge on any atom is -0.347 e. The first kappa shape index (κ1) is 10.1. The number of rotatable bonds is 4. The second kappa shape index (κ2) is 4.40. The molecule has 2 heterocycles. The quantitative estimate of drug-likeness (QED) is 0.822. The normalized spacial score (nSPS) is 20.1. The van der Waals surface area contributed by atoms with Gasteiger partial charge in [0.25, 0.3) is 0 Å². The van der Waals surface area contributed by atoms with Crippen molar-refractivity contribution < 1.29 is 9.47 Å². The molecule has 1 fully saturated rings. The van der Waals surface area contributed by atoms with Crippen LogP contribution in [0.25, 0.3) is 0 Å². The summed E-state index contributed by atoms with van der Waals surface area (Å²) in [6.45, 7) is 1.97. The maximum Gasteiger partial charge on any atom is 0.174 e. The smallest absolute Gasteiger partial charge is 0.174 e. The molecule has 14 heavy (non-hydrogen) atoms. The van der Waals surface area contributed by atoms with Gasteiger partial charge in [-0.1, -0.05) is 6.07 Å². The van der Waals surface area contributed by atoms with Crippen LogP contribution in [0.15, 0.2) is 17.5 Å². The van der Waals surface area contributed by atoms with Crippen molar-refractivity contribution in [2.45, 2.75) is 18.6 Å². The predicted octanol–water partition coefficient (Wildman–Crippen LogP) is 1.38. The van der Waals surface area contributed by atoms with Crippen molar-refractivity contribution in [1.82, 2.24) is 0 Å². The topological polar surface area (TPSA) is 44.5 Å². The van der Waals surface area contributed by atoms with Gasteiger partial charge in [-0.05, 0) is 18.0 Å². The highest BCUT2D eigenvalue weighted by Gasteiger charge is 2.36. The van der Waals surface area contributed by atoms with Crippen molar-refractivity contribution >= 4 is 11.3 Å². The van der Waals surface area contributed by atoms with Gasteiger partial charge in [0, 0.05) is 17.7 Å². The van der Waals surface area contributed by atoms with Crippen LogP contribution in [-0.2, 0) is 15.9 Å². The summed E-state index contributed by atoms with van der Waals surface area (Å²) < 4.78 is 11.3. The number of ether oxygens (including phenoxy) is 2. The second-order valence-electron chi connectivity index (χ2n) is 3.40. The summed E-state index contributed by atoms with van der Waals surface area (Å²) in [5.74, 6) is -0.445. The minimum absolute atomic E-state index is 0.445. The molecule has 1 aliphatic heterocycles. The Bertz CT molecular complexity index is 268. The van der Waals surface area contributed by atoms with Gasteiger partial charge in [-0.2, -0.15) is 0 Å². The zero-order chi connectivity index (χ0) is 9.86. The second-order valence-corrected chi connectivity index (χ2v) is 4.43. The first-order valence-electron chi connectivity index (χ1n) is 4.85. The lowest BCUT2D eigenvalue weighted by molar-refractivity contribution is -0.158. The van der Waals surface area contributed by atoms with E-state index in [1.165, 1.54) is 4.88 Å². The maximum absolute atomic E-state index is 5.66. The lowest BCUT2D eigenvalue weighted by atomic mass is 10.1. The largest absolute Gasteiger partial charge is 0.347 e. The molecule has 0 saturated carbocycles. The SMILES string of the molecule is NCCC1(Cc2cccs2)OCCO1. The zero-order valence-electron chi connectivity index (χ0n) is 8.07. The number of hydrogen-bond donors (Lipinski definition) is 1. The van der Waals surface area contributed by atoms with E-state index in [4.69, 9.17) is 15.2 Å². The van der Waals surface area contributed by atoms with Gasteiger partial charge < -0.3 is 15.2 Å². The highest BCUT2D eigenvalue weighted by molar-refractivity contribution is 7.09. The fraction of sp³-hybridized carbons (Fsp3) is 0.600. The molecular formula is C10H15NO2S. The predicted molar refractivity (Wildman–Crippen MR) is 56.3 cm³/mol. The summed E-state index contributed by atoms with van der Waals surface area (Å²) in [5.41, 5.74) is 5.57. The van der Waals surface area contributed by atoms with E-state index >= 15 is 0 Å². The van der Waals surface area contributed by atoms with E-state index in [0.717, 1.165) is 12.8 Å². The molecule has 0 atom stereocenters. The number of thiophene rings is 1. The first-order valence-corrected chi connectivity index (χ1v) is 5.73. The Balaban J connectivity index is 2.04. The highest BCUT2D eigenvalue weighted by Crippen LogP contribution is 2.28. The molecular weight excluding hydrogens is 198 g/mol. The highest BCUT2D eigenvalue weighted by atomic mass is 32.1. The lowest BCUT2D eigenvalue weighted by Crippen LogP contribution is -2.35. The number of nitrogens with two attached hydrogens (primary N) is 1. The van der Waals surface area contributed by atoms with Crippen LogP contribution in [0.5, 0.6) is 0 Å². The van der Waals surface area contributed by atoms with E-state index in [2.05, 4.69) is 11.4 Å². The van der Waals surface area contributed by atoms with Crippen LogP contribution in [0.1, 0.15) is 11.3 Å². The molecule has 1 aliphatic rings. The fourth-order valence-corrected chi connectivity index (χ4v) is 2.52. The van der Waals surface area contributed by atoms with Crippen LogP contribution in [0.3, 0.4) is 0 Å². The minimum atomic E-state index is -0.445. The molecule has 3 nitrogen and oxygen atoms in total. The van der Waals surface area contributed by atoms with E-state index in [0.29, 0.717) is 19.8 Å². The van der Waals surface area contributed by atoms with Gasteiger partial charge >= 0.3 is 0 Å². The monoisotopic (exact) mass is 213 g/mol. The summed E-state index contributed by atoms with van der Waals surface area (Å²) in [6, 6.07) is 4.15. The van der Waals surface area contributed by atoms with Gasteiger partial charge in [-0.3, -0.25) is 0 Å². The summed E-state index contributed by atoms with van der Waals surface area (Å²) in [6.07, 6.45) is 1.59. The van der Waals surface area contributed by atoms with Crippen LogP contribution in [0, 0.1) is 0 Å². The van der Waals surface area contributed by atoms with E-state index in [1.54, 1.807) is 11.3 Å². The van der Waals surface area contributed by atoms with E-state index in [9.17, 15) is 0 Å². The fourth-order valence-electron chi connectivity index (χ4n) is 1.73. The molecule has 0 bridgehead atoms.